The predicted molar refractivity (Wildman–Crippen MR) is 97.0 cm³/mol. The van der Waals surface area contributed by atoms with Gasteiger partial charge in [-0.25, -0.2) is 0 Å². The van der Waals surface area contributed by atoms with Crippen molar-refractivity contribution in [3.63, 3.8) is 0 Å². The molecule has 1 aliphatic rings. The molecule has 2 aromatic carbocycles. The summed E-state index contributed by atoms with van der Waals surface area (Å²) in [5.74, 6) is 0.225. The molecule has 0 spiro atoms. The minimum Gasteiger partial charge on any atom is -0.508 e. The van der Waals surface area contributed by atoms with Crippen LogP contribution in [0.1, 0.15) is 40.7 Å². The molecular formula is C21H23NO2. The number of likely N-dealkylation sites (tertiary alicyclic amines) is 1. The molecule has 3 heteroatoms. The Balaban J connectivity index is 1.72. The van der Waals surface area contributed by atoms with Crippen LogP contribution in [0.25, 0.3) is 6.08 Å². The Labute approximate surface area is 143 Å². The Hall–Kier alpha value is -2.39. The molecule has 0 bridgehead atoms. The van der Waals surface area contributed by atoms with Crippen molar-refractivity contribution in [3.8, 4) is 5.75 Å². The van der Waals surface area contributed by atoms with E-state index in [1.54, 1.807) is 18.2 Å². The highest BCUT2D eigenvalue weighted by Gasteiger charge is 2.14. The van der Waals surface area contributed by atoms with Crippen molar-refractivity contribution in [2.45, 2.75) is 25.8 Å². The number of hydrogen-bond donors (Lipinski definition) is 1. The first-order valence-electron chi connectivity index (χ1n) is 8.54. The maximum absolute atomic E-state index is 12.4. The summed E-state index contributed by atoms with van der Waals surface area (Å²) in [4.78, 5) is 14.7. The number of rotatable bonds is 5. The van der Waals surface area contributed by atoms with Gasteiger partial charge in [-0.05, 0) is 55.8 Å². The maximum Gasteiger partial charge on any atom is 0.185 e. The predicted octanol–water partition coefficient (Wildman–Crippen LogP) is 4.27. The van der Waals surface area contributed by atoms with Crippen LogP contribution in [0, 0.1) is 0 Å². The van der Waals surface area contributed by atoms with Gasteiger partial charge in [-0.15, -0.1) is 0 Å². The van der Waals surface area contributed by atoms with Crippen LogP contribution in [0.15, 0.2) is 54.6 Å². The Kier molecular flexibility index (Phi) is 5.44. The Morgan fingerprint density at radius 3 is 2.54 bits per heavy atom. The van der Waals surface area contributed by atoms with Crippen LogP contribution >= 0.6 is 0 Å². The van der Waals surface area contributed by atoms with Gasteiger partial charge in [-0.3, -0.25) is 9.69 Å². The molecule has 0 aliphatic carbocycles. The van der Waals surface area contributed by atoms with E-state index in [-0.39, 0.29) is 11.5 Å². The van der Waals surface area contributed by atoms with Crippen LogP contribution in [0.5, 0.6) is 5.75 Å². The lowest BCUT2D eigenvalue weighted by atomic mass is 10.0. The van der Waals surface area contributed by atoms with Gasteiger partial charge in [0.05, 0.1) is 0 Å². The molecule has 1 aliphatic heterocycles. The molecule has 0 saturated carbocycles. The van der Waals surface area contributed by atoms with Crippen molar-refractivity contribution in [2.75, 3.05) is 13.1 Å². The first-order valence-corrected chi connectivity index (χ1v) is 8.54. The number of nitrogens with zero attached hydrogens (tertiary/aromatic N) is 1. The van der Waals surface area contributed by atoms with Gasteiger partial charge in [0.2, 0.25) is 0 Å². The highest BCUT2D eigenvalue weighted by atomic mass is 16.3. The SMILES string of the molecule is O=C(/C=C/c1ccccc1)c1ccc(O)c(CN2CCCCC2)c1. The molecule has 0 aromatic heterocycles. The smallest absolute Gasteiger partial charge is 0.185 e. The van der Waals surface area contributed by atoms with Gasteiger partial charge in [0.15, 0.2) is 5.78 Å². The van der Waals surface area contributed by atoms with Crippen molar-refractivity contribution in [2.24, 2.45) is 0 Å². The van der Waals surface area contributed by atoms with Crippen molar-refractivity contribution < 1.29 is 9.90 Å². The number of piperidine rings is 1. The van der Waals surface area contributed by atoms with Crippen molar-refractivity contribution >= 4 is 11.9 Å². The summed E-state index contributed by atoms with van der Waals surface area (Å²) < 4.78 is 0. The summed E-state index contributed by atoms with van der Waals surface area (Å²) in [7, 11) is 0. The number of carbonyl (C=O) groups excluding carboxylic acids is 1. The van der Waals surface area contributed by atoms with E-state index >= 15 is 0 Å². The first kappa shape index (κ1) is 16.5. The maximum atomic E-state index is 12.4. The van der Waals surface area contributed by atoms with E-state index in [1.807, 2.05) is 42.5 Å². The van der Waals surface area contributed by atoms with Crippen molar-refractivity contribution in [1.29, 1.82) is 0 Å². The van der Waals surface area contributed by atoms with E-state index in [0.29, 0.717) is 12.1 Å². The molecule has 0 atom stereocenters. The number of allylic oxidation sites excluding steroid dienone is 1. The van der Waals surface area contributed by atoms with E-state index in [1.165, 1.54) is 19.3 Å². The van der Waals surface area contributed by atoms with E-state index in [9.17, 15) is 9.90 Å². The van der Waals surface area contributed by atoms with Crippen LogP contribution in [-0.2, 0) is 6.54 Å². The third-order valence-electron chi connectivity index (χ3n) is 4.43. The Morgan fingerprint density at radius 1 is 1.04 bits per heavy atom. The molecule has 1 N–H and O–H groups in total. The van der Waals surface area contributed by atoms with E-state index < -0.39 is 0 Å². The second-order valence-electron chi connectivity index (χ2n) is 6.29. The Morgan fingerprint density at radius 2 is 1.79 bits per heavy atom. The number of ketones is 1. The lowest BCUT2D eigenvalue weighted by Crippen LogP contribution is -2.29. The van der Waals surface area contributed by atoms with Crippen molar-refractivity contribution in [3.05, 3.63) is 71.3 Å². The number of benzene rings is 2. The number of aromatic hydroxyl groups is 1. The zero-order chi connectivity index (χ0) is 16.8. The highest BCUT2D eigenvalue weighted by Crippen LogP contribution is 2.22. The average Bonchev–Trinajstić information content (AvgIpc) is 2.63. The summed E-state index contributed by atoms with van der Waals surface area (Å²) in [5.41, 5.74) is 2.45. The summed E-state index contributed by atoms with van der Waals surface area (Å²) in [6.45, 7) is 2.83. The van der Waals surface area contributed by atoms with Gasteiger partial charge in [-0.1, -0.05) is 42.8 Å². The summed E-state index contributed by atoms with van der Waals surface area (Å²) in [6.07, 6.45) is 7.11. The second-order valence-corrected chi connectivity index (χ2v) is 6.29. The second kappa shape index (κ2) is 7.93. The normalized spacial score (nSPS) is 15.7. The average molecular weight is 321 g/mol. The van der Waals surface area contributed by atoms with Crippen LogP contribution in [0.3, 0.4) is 0 Å². The summed E-state index contributed by atoms with van der Waals surface area (Å²) >= 11 is 0. The number of carbonyl (C=O) groups is 1. The molecule has 0 amide bonds. The lowest BCUT2D eigenvalue weighted by Gasteiger charge is -2.26. The fourth-order valence-electron chi connectivity index (χ4n) is 3.06. The molecular weight excluding hydrogens is 298 g/mol. The minimum absolute atomic E-state index is 0.0428. The molecule has 0 radical (unpaired) electrons. The number of phenols is 1. The van der Waals surface area contributed by atoms with Crippen LogP contribution in [-0.4, -0.2) is 28.9 Å². The third-order valence-corrected chi connectivity index (χ3v) is 4.43. The monoisotopic (exact) mass is 321 g/mol. The highest BCUT2D eigenvalue weighted by molar-refractivity contribution is 6.07. The molecule has 0 unspecified atom stereocenters. The van der Waals surface area contributed by atoms with Crippen LogP contribution in [0.4, 0.5) is 0 Å². The van der Waals surface area contributed by atoms with Gasteiger partial charge >= 0.3 is 0 Å². The van der Waals surface area contributed by atoms with Gasteiger partial charge in [0.1, 0.15) is 5.75 Å². The Bertz CT molecular complexity index is 716. The first-order chi connectivity index (χ1) is 11.7. The molecule has 124 valence electrons. The van der Waals surface area contributed by atoms with E-state index in [2.05, 4.69) is 4.90 Å². The van der Waals surface area contributed by atoms with Gasteiger partial charge in [0.25, 0.3) is 0 Å². The minimum atomic E-state index is -0.0428. The molecule has 1 saturated heterocycles. The fraction of sp³-hybridized carbons (Fsp3) is 0.286. The molecule has 3 rings (SSSR count). The summed E-state index contributed by atoms with van der Waals surface area (Å²) in [5, 5.41) is 10.1. The molecule has 24 heavy (non-hydrogen) atoms. The summed E-state index contributed by atoms with van der Waals surface area (Å²) in [6, 6.07) is 14.9. The van der Waals surface area contributed by atoms with E-state index in [0.717, 1.165) is 24.2 Å². The number of hydrogen-bond acceptors (Lipinski definition) is 3. The molecule has 2 aromatic rings. The zero-order valence-electron chi connectivity index (χ0n) is 13.8. The zero-order valence-corrected chi connectivity index (χ0v) is 13.8. The molecule has 1 heterocycles. The fourth-order valence-corrected chi connectivity index (χ4v) is 3.06. The molecule has 3 nitrogen and oxygen atoms in total. The van der Waals surface area contributed by atoms with Gasteiger partial charge in [0, 0.05) is 17.7 Å². The van der Waals surface area contributed by atoms with Gasteiger partial charge in [-0.2, -0.15) is 0 Å². The molecule has 1 fully saturated rings. The van der Waals surface area contributed by atoms with Crippen LogP contribution in [0.2, 0.25) is 0 Å². The largest absolute Gasteiger partial charge is 0.508 e. The lowest BCUT2D eigenvalue weighted by molar-refractivity contribution is 0.104. The third kappa shape index (κ3) is 4.33. The van der Waals surface area contributed by atoms with Crippen LogP contribution < -0.4 is 0 Å². The topological polar surface area (TPSA) is 40.5 Å². The standard InChI is InChI=1S/C21H23NO2/c23-20(11-9-17-7-3-1-4-8-17)18-10-12-21(24)19(15-18)16-22-13-5-2-6-14-22/h1,3-4,7-12,15,24H,2,5-6,13-14,16H2/b11-9+. The van der Waals surface area contributed by atoms with E-state index in [4.69, 9.17) is 0 Å². The van der Waals surface area contributed by atoms with Gasteiger partial charge < -0.3 is 5.11 Å². The van der Waals surface area contributed by atoms with Crippen molar-refractivity contribution in [1.82, 2.24) is 4.90 Å². The quantitative estimate of drug-likeness (QED) is 0.660. The number of phenolic OH excluding ortho intramolecular Hbond substituents is 1.